The second-order valence-electron chi connectivity index (χ2n) is 5.98. The molecule has 8 heteroatoms. The van der Waals surface area contributed by atoms with Crippen LogP contribution >= 0.6 is 0 Å². The lowest BCUT2D eigenvalue weighted by molar-refractivity contribution is 0.355. The Hall–Kier alpha value is -3.42. The van der Waals surface area contributed by atoms with Crippen LogP contribution in [-0.2, 0) is 6.42 Å². The predicted octanol–water partition coefficient (Wildman–Crippen LogP) is 2.91. The maximum Gasteiger partial charge on any atom is 0.258 e. The monoisotopic (exact) mass is 381 g/mol. The van der Waals surface area contributed by atoms with Gasteiger partial charge in [-0.3, -0.25) is 9.20 Å². The van der Waals surface area contributed by atoms with Gasteiger partial charge in [-0.2, -0.15) is 0 Å². The normalized spacial score (nSPS) is 10.6. The molecule has 3 aromatic heterocycles. The van der Waals surface area contributed by atoms with E-state index in [-0.39, 0.29) is 5.56 Å². The molecule has 0 fully saturated rings. The van der Waals surface area contributed by atoms with Gasteiger partial charge in [0.1, 0.15) is 5.82 Å². The number of benzene rings is 1. The smallest absolute Gasteiger partial charge is 0.258 e. The Kier molecular flexibility index (Phi) is 5.58. The molecule has 28 heavy (non-hydrogen) atoms. The van der Waals surface area contributed by atoms with E-state index in [4.69, 9.17) is 9.47 Å². The summed E-state index contributed by atoms with van der Waals surface area (Å²) >= 11 is 0. The van der Waals surface area contributed by atoms with Crippen LogP contribution in [0.25, 0.3) is 16.7 Å². The van der Waals surface area contributed by atoms with Gasteiger partial charge in [0.25, 0.3) is 5.56 Å². The summed E-state index contributed by atoms with van der Waals surface area (Å²) in [6, 6.07) is 3.32. The zero-order valence-electron chi connectivity index (χ0n) is 16.6. The summed E-state index contributed by atoms with van der Waals surface area (Å²) in [7, 11) is 3.07. The average molecular weight is 381 g/mol. The highest BCUT2D eigenvalue weighted by Crippen LogP contribution is 2.30. The first-order valence-corrected chi connectivity index (χ1v) is 9.02. The molecule has 0 aliphatic carbocycles. The number of methoxy groups -OCH3 is 2. The van der Waals surface area contributed by atoms with Crippen LogP contribution in [0.15, 0.2) is 35.5 Å². The van der Waals surface area contributed by atoms with Gasteiger partial charge in [-0.25, -0.2) is 15.0 Å². The molecule has 8 nitrogen and oxygen atoms in total. The number of hydrogen-bond acceptors (Lipinski definition) is 6. The third-order valence-electron chi connectivity index (χ3n) is 4.10. The molecule has 1 N–H and O–H groups in total. The van der Waals surface area contributed by atoms with Crippen molar-refractivity contribution in [1.82, 2.24) is 24.3 Å². The number of H-pyrrole nitrogens is 1. The van der Waals surface area contributed by atoms with E-state index in [0.29, 0.717) is 40.4 Å². The highest BCUT2D eigenvalue weighted by molar-refractivity contribution is 5.81. The summed E-state index contributed by atoms with van der Waals surface area (Å²) in [6.45, 7) is 5.97. The summed E-state index contributed by atoms with van der Waals surface area (Å²) in [5.74, 6) is 2.15. The minimum absolute atomic E-state index is 0.233. The Morgan fingerprint density at radius 2 is 1.79 bits per heavy atom. The molecule has 0 radical (unpaired) electrons. The third kappa shape index (κ3) is 3.66. The van der Waals surface area contributed by atoms with Crippen molar-refractivity contribution in [1.29, 1.82) is 0 Å². The maximum atomic E-state index is 12.4. The number of hydrogen-bond donors (Lipinski definition) is 1. The molecule has 3 heterocycles. The highest BCUT2D eigenvalue weighted by atomic mass is 16.5. The molecule has 146 valence electrons. The number of aryl methyl sites for hydroxylation is 1. The number of aromatic nitrogens is 5. The molecule has 1 aromatic carbocycles. The van der Waals surface area contributed by atoms with E-state index in [9.17, 15) is 4.79 Å². The van der Waals surface area contributed by atoms with Crippen LogP contribution < -0.4 is 15.0 Å². The van der Waals surface area contributed by atoms with Gasteiger partial charge in [-0.15, -0.1) is 0 Å². The van der Waals surface area contributed by atoms with Crippen molar-refractivity contribution in [2.24, 2.45) is 0 Å². The lowest BCUT2D eigenvalue weighted by Gasteiger charge is -2.09. The molecular weight excluding hydrogens is 358 g/mol. The molecule has 0 aliphatic heterocycles. The van der Waals surface area contributed by atoms with Crippen molar-refractivity contribution >= 4 is 16.7 Å². The van der Waals surface area contributed by atoms with Crippen molar-refractivity contribution in [2.45, 2.75) is 27.2 Å². The van der Waals surface area contributed by atoms with E-state index in [1.54, 1.807) is 25.4 Å². The third-order valence-corrected chi connectivity index (χ3v) is 4.10. The first-order chi connectivity index (χ1) is 13.6. The number of ether oxygens (including phenoxy) is 2. The fourth-order valence-corrected chi connectivity index (χ4v) is 2.89. The molecule has 0 amide bonds. The van der Waals surface area contributed by atoms with Crippen LogP contribution in [0.4, 0.5) is 0 Å². The van der Waals surface area contributed by atoms with Crippen LogP contribution in [0.3, 0.4) is 0 Å². The summed E-state index contributed by atoms with van der Waals surface area (Å²) in [4.78, 5) is 28.5. The quantitative estimate of drug-likeness (QED) is 0.584. The van der Waals surface area contributed by atoms with Crippen molar-refractivity contribution in [3.05, 3.63) is 58.2 Å². The highest BCUT2D eigenvalue weighted by Gasteiger charge is 2.12. The van der Waals surface area contributed by atoms with E-state index >= 15 is 0 Å². The number of aromatic amines is 1. The molecule has 0 spiro atoms. The van der Waals surface area contributed by atoms with Crippen LogP contribution in [0.2, 0.25) is 0 Å². The second-order valence-corrected chi connectivity index (χ2v) is 5.98. The van der Waals surface area contributed by atoms with E-state index in [1.165, 1.54) is 7.11 Å². The van der Waals surface area contributed by atoms with Gasteiger partial charge in [0.2, 0.25) is 5.78 Å². The van der Waals surface area contributed by atoms with Gasteiger partial charge < -0.3 is 14.5 Å². The summed E-state index contributed by atoms with van der Waals surface area (Å²) in [5.41, 5.74) is 2.12. The van der Waals surface area contributed by atoms with Gasteiger partial charge in [0.15, 0.2) is 11.5 Å². The SMILES string of the molecule is CC.COc1cc2nc(Cc3cn4cc(C)cnc4n3)[nH]c(=O)c2cc1OC. The summed E-state index contributed by atoms with van der Waals surface area (Å²) in [6.07, 6.45) is 5.99. The molecule has 0 saturated carbocycles. The van der Waals surface area contributed by atoms with Crippen molar-refractivity contribution in [3.8, 4) is 11.5 Å². The van der Waals surface area contributed by atoms with E-state index in [0.717, 1.165) is 11.3 Å². The Balaban J connectivity index is 0.00000109. The number of nitrogens with one attached hydrogen (secondary N) is 1. The van der Waals surface area contributed by atoms with Gasteiger partial charge in [0.05, 0.1) is 30.8 Å². The Morgan fingerprint density at radius 3 is 2.50 bits per heavy atom. The van der Waals surface area contributed by atoms with E-state index in [1.807, 2.05) is 37.6 Å². The molecule has 0 unspecified atom stereocenters. The predicted molar refractivity (Wildman–Crippen MR) is 107 cm³/mol. The molecular formula is C20H23N5O3. The number of imidazole rings is 1. The largest absolute Gasteiger partial charge is 0.493 e. The first-order valence-electron chi connectivity index (χ1n) is 9.02. The maximum absolute atomic E-state index is 12.4. The zero-order chi connectivity index (χ0) is 20.3. The topological polar surface area (TPSA) is 94.4 Å². The van der Waals surface area contributed by atoms with Crippen LogP contribution in [0.1, 0.15) is 30.9 Å². The second kappa shape index (κ2) is 8.08. The first kappa shape index (κ1) is 19.3. The Bertz CT molecular complexity index is 1180. The number of rotatable bonds is 4. The van der Waals surface area contributed by atoms with Gasteiger partial charge in [0, 0.05) is 31.1 Å². The zero-order valence-corrected chi connectivity index (χ0v) is 16.6. The lowest BCUT2D eigenvalue weighted by Crippen LogP contribution is -2.12. The fourth-order valence-electron chi connectivity index (χ4n) is 2.89. The van der Waals surface area contributed by atoms with E-state index in [2.05, 4.69) is 19.9 Å². The van der Waals surface area contributed by atoms with Crippen molar-refractivity contribution < 1.29 is 9.47 Å². The van der Waals surface area contributed by atoms with Crippen LogP contribution in [-0.4, -0.2) is 38.6 Å². The Morgan fingerprint density at radius 1 is 1.07 bits per heavy atom. The Labute approximate surface area is 162 Å². The van der Waals surface area contributed by atoms with Crippen molar-refractivity contribution in [2.75, 3.05) is 14.2 Å². The summed E-state index contributed by atoms with van der Waals surface area (Å²) < 4.78 is 12.4. The summed E-state index contributed by atoms with van der Waals surface area (Å²) in [5, 5.41) is 0.443. The average Bonchev–Trinajstić information content (AvgIpc) is 3.09. The standard InChI is InChI=1S/C18H17N5O3.C2H6/c1-10-7-19-18-20-11(9-23(18)8-10)4-16-21-13-6-15(26-3)14(25-2)5-12(13)17(24)22-16;1-2/h5-9H,4H2,1-3H3,(H,21,22,24);1-2H3. The molecule has 0 saturated heterocycles. The number of fused-ring (bicyclic) bond motifs is 2. The minimum Gasteiger partial charge on any atom is -0.493 e. The lowest BCUT2D eigenvalue weighted by atomic mass is 10.2. The molecule has 0 bridgehead atoms. The minimum atomic E-state index is -0.233. The molecule has 4 aromatic rings. The van der Waals surface area contributed by atoms with Crippen LogP contribution in [0.5, 0.6) is 11.5 Å². The fraction of sp³-hybridized carbons (Fsp3) is 0.300. The van der Waals surface area contributed by atoms with Gasteiger partial charge in [-0.05, 0) is 18.6 Å². The van der Waals surface area contributed by atoms with Crippen molar-refractivity contribution in [3.63, 3.8) is 0 Å². The van der Waals surface area contributed by atoms with Crippen LogP contribution in [0, 0.1) is 6.92 Å². The molecule has 0 atom stereocenters. The van der Waals surface area contributed by atoms with Gasteiger partial charge in [-0.1, -0.05) is 13.8 Å². The number of nitrogens with zero attached hydrogens (tertiary/aromatic N) is 4. The molecule has 4 rings (SSSR count). The van der Waals surface area contributed by atoms with E-state index < -0.39 is 0 Å². The van der Waals surface area contributed by atoms with Gasteiger partial charge >= 0.3 is 0 Å². The molecule has 0 aliphatic rings.